The number of hydrogen-bond acceptors (Lipinski definition) is 3. The van der Waals surface area contributed by atoms with Gasteiger partial charge in [0.25, 0.3) is 0 Å². The largest absolute Gasteiger partial charge is 0.383 e. The predicted molar refractivity (Wildman–Crippen MR) is 72.2 cm³/mol. The second-order valence-corrected chi connectivity index (χ2v) is 4.30. The Labute approximate surface area is 105 Å². The van der Waals surface area contributed by atoms with Gasteiger partial charge >= 0.3 is 0 Å². The number of pyridine rings is 1. The molecular formula is C14H14N4. The highest BCUT2D eigenvalue weighted by Gasteiger charge is 2.09. The van der Waals surface area contributed by atoms with E-state index in [1.165, 1.54) is 0 Å². The van der Waals surface area contributed by atoms with Gasteiger partial charge in [0, 0.05) is 25.2 Å². The van der Waals surface area contributed by atoms with Crippen LogP contribution in [0.25, 0.3) is 11.0 Å². The van der Waals surface area contributed by atoms with Crippen molar-refractivity contribution in [3.63, 3.8) is 0 Å². The zero-order valence-electron chi connectivity index (χ0n) is 10.2. The summed E-state index contributed by atoms with van der Waals surface area (Å²) in [5.41, 5.74) is 9.02. The van der Waals surface area contributed by atoms with E-state index in [-0.39, 0.29) is 0 Å². The van der Waals surface area contributed by atoms with E-state index in [9.17, 15) is 0 Å². The molecule has 2 N–H and O–H groups in total. The molecule has 2 heterocycles. The second kappa shape index (κ2) is 4.14. The number of rotatable bonds is 2. The third-order valence-electron chi connectivity index (χ3n) is 3.15. The van der Waals surface area contributed by atoms with Gasteiger partial charge in [0.05, 0.1) is 11.0 Å². The normalized spacial score (nSPS) is 10.9. The number of nitrogens with two attached hydrogens (primary N) is 1. The van der Waals surface area contributed by atoms with Crippen LogP contribution in [0.15, 0.2) is 42.6 Å². The lowest BCUT2D eigenvalue weighted by Crippen LogP contribution is -2.03. The number of para-hydroxylation sites is 2. The summed E-state index contributed by atoms with van der Waals surface area (Å²) in [6.07, 6.45) is 2.40. The van der Waals surface area contributed by atoms with Crippen molar-refractivity contribution < 1.29 is 0 Å². The van der Waals surface area contributed by atoms with E-state index < -0.39 is 0 Å². The number of benzene rings is 1. The first-order chi connectivity index (χ1) is 8.75. The average molecular weight is 238 g/mol. The molecule has 0 radical (unpaired) electrons. The molecule has 90 valence electrons. The fraction of sp³-hybridized carbons (Fsp3) is 0.143. The van der Waals surface area contributed by atoms with Crippen LogP contribution < -0.4 is 5.73 Å². The molecule has 0 amide bonds. The molecule has 0 spiro atoms. The topological polar surface area (TPSA) is 56.7 Å². The first-order valence-electron chi connectivity index (χ1n) is 5.85. The summed E-state index contributed by atoms with van der Waals surface area (Å²) in [6, 6.07) is 12.0. The molecule has 0 aliphatic carbocycles. The Bertz CT molecular complexity index is 700. The van der Waals surface area contributed by atoms with Crippen LogP contribution in [0, 0.1) is 0 Å². The van der Waals surface area contributed by atoms with Crippen LogP contribution in [0.3, 0.4) is 0 Å². The van der Waals surface area contributed by atoms with Crippen molar-refractivity contribution in [3.05, 3.63) is 54.0 Å². The Balaban J connectivity index is 2.06. The van der Waals surface area contributed by atoms with Crippen molar-refractivity contribution in [1.29, 1.82) is 0 Å². The van der Waals surface area contributed by atoms with Gasteiger partial charge in [-0.1, -0.05) is 18.2 Å². The number of nitrogens with zero attached hydrogens (tertiary/aromatic N) is 3. The van der Waals surface area contributed by atoms with Crippen LogP contribution in [0.2, 0.25) is 0 Å². The standard InChI is InChI=1S/C14H14N4/c1-18-12-7-3-2-6-11(12)17-13(18)9-10-5-4-8-16-14(10)15/h2-8H,9H2,1H3,(H2,15,16). The molecule has 0 saturated carbocycles. The molecule has 0 fully saturated rings. The summed E-state index contributed by atoms with van der Waals surface area (Å²) >= 11 is 0. The molecule has 0 aliphatic heterocycles. The molecule has 0 atom stereocenters. The Morgan fingerprint density at radius 3 is 2.78 bits per heavy atom. The lowest BCUT2D eigenvalue weighted by molar-refractivity contribution is 0.844. The highest BCUT2D eigenvalue weighted by atomic mass is 15.1. The molecule has 3 rings (SSSR count). The molecule has 0 bridgehead atoms. The van der Waals surface area contributed by atoms with Gasteiger partial charge in [0.2, 0.25) is 0 Å². The zero-order valence-corrected chi connectivity index (χ0v) is 10.2. The fourth-order valence-corrected chi connectivity index (χ4v) is 2.12. The van der Waals surface area contributed by atoms with E-state index >= 15 is 0 Å². The Kier molecular flexibility index (Phi) is 2.48. The fourth-order valence-electron chi connectivity index (χ4n) is 2.12. The van der Waals surface area contributed by atoms with Crippen molar-refractivity contribution in [2.45, 2.75) is 6.42 Å². The maximum atomic E-state index is 5.86. The van der Waals surface area contributed by atoms with E-state index in [2.05, 4.69) is 20.6 Å². The van der Waals surface area contributed by atoms with E-state index in [0.717, 1.165) is 22.4 Å². The lowest BCUT2D eigenvalue weighted by Gasteiger charge is -2.04. The third-order valence-corrected chi connectivity index (χ3v) is 3.15. The van der Waals surface area contributed by atoms with Crippen LogP contribution in [0.4, 0.5) is 5.82 Å². The Hall–Kier alpha value is -2.36. The van der Waals surface area contributed by atoms with Crippen molar-refractivity contribution in [2.24, 2.45) is 7.05 Å². The van der Waals surface area contributed by atoms with Crippen LogP contribution in [0.1, 0.15) is 11.4 Å². The monoisotopic (exact) mass is 238 g/mol. The number of imidazole rings is 1. The number of hydrogen-bond donors (Lipinski definition) is 1. The highest BCUT2D eigenvalue weighted by Crippen LogP contribution is 2.18. The third kappa shape index (κ3) is 1.72. The summed E-state index contributed by atoms with van der Waals surface area (Å²) in [7, 11) is 2.03. The predicted octanol–water partition coefficient (Wildman–Crippen LogP) is 2.14. The summed E-state index contributed by atoms with van der Waals surface area (Å²) in [4.78, 5) is 8.73. The van der Waals surface area contributed by atoms with Gasteiger partial charge in [-0.3, -0.25) is 0 Å². The van der Waals surface area contributed by atoms with E-state index in [0.29, 0.717) is 12.2 Å². The number of fused-ring (bicyclic) bond motifs is 1. The van der Waals surface area contributed by atoms with Gasteiger partial charge in [-0.15, -0.1) is 0 Å². The summed E-state index contributed by atoms with van der Waals surface area (Å²) in [5, 5.41) is 0. The lowest BCUT2D eigenvalue weighted by atomic mass is 10.2. The van der Waals surface area contributed by atoms with E-state index in [4.69, 9.17) is 5.73 Å². The maximum absolute atomic E-state index is 5.86. The second-order valence-electron chi connectivity index (χ2n) is 4.30. The molecule has 0 unspecified atom stereocenters. The zero-order chi connectivity index (χ0) is 12.5. The minimum Gasteiger partial charge on any atom is -0.383 e. The van der Waals surface area contributed by atoms with Gasteiger partial charge in [-0.25, -0.2) is 9.97 Å². The van der Waals surface area contributed by atoms with Crippen molar-refractivity contribution in [3.8, 4) is 0 Å². The quantitative estimate of drug-likeness (QED) is 0.744. The Morgan fingerprint density at radius 2 is 2.00 bits per heavy atom. The number of aromatic nitrogens is 3. The smallest absolute Gasteiger partial charge is 0.126 e. The molecule has 4 nitrogen and oxygen atoms in total. The minimum absolute atomic E-state index is 0.574. The maximum Gasteiger partial charge on any atom is 0.126 e. The van der Waals surface area contributed by atoms with Crippen LogP contribution in [-0.2, 0) is 13.5 Å². The van der Waals surface area contributed by atoms with Crippen molar-refractivity contribution >= 4 is 16.9 Å². The van der Waals surface area contributed by atoms with Crippen molar-refractivity contribution in [1.82, 2.24) is 14.5 Å². The summed E-state index contributed by atoms with van der Waals surface area (Å²) < 4.78 is 2.10. The van der Waals surface area contributed by atoms with Crippen LogP contribution >= 0.6 is 0 Å². The van der Waals surface area contributed by atoms with Gasteiger partial charge in [-0.05, 0) is 18.2 Å². The first-order valence-corrected chi connectivity index (χ1v) is 5.85. The number of anilines is 1. The SMILES string of the molecule is Cn1c(Cc2cccnc2N)nc2ccccc21. The van der Waals surface area contributed by atoms with E-state index in [1.54, 1.807) is 6.20 Å². The van der Waals surface area contributed by atoms with Gasteiger partial charge in [0.1, 0.15) is 11.6 Å². The van der Waals surface area contributed by atoms with E-state index in [1.807, 2.05) is 37.4 Å². The minimum atomic E-state index is 0.574. The van der Waals surface area contributed by atoms with Gasteiger partial charge < -0.3 is 10.3 Å². The molecule has 1 aromatic carbocycles. The Morgan fingerprint density at radius 1 is 1.17 bits per heavy atom. The molecular weight excluding hydrogens is 224 g/mol. The molecule has 2 aromatic heterocycles. The molecule has 3 aromatic rings. The molecule has 18 heavy (non-hydrogen) atoms. The van der Waals surface area contributed by atoms with Crippen molar-refractivity contribution in [2.75, 3.05) is 5.73 Å². The summed E-state index contributed by atoms with van der Waals surface area (Å²) in [5.74, 6) is 1.57. The molecule has 4 heteroatoms. The molecule has 0 saturated heterocycles. The van der Waals surface area contributed by atoms with Crippen LogP contribution in [-0.4, -0.2) is 14.5 Å². The average Bonchev–Trinajstić information content (AvgIpc) is 2.70. The van der Waals surface area contributed by atoms with Gasteiger partial charge in [-0.2, -0.15) is 0 Å². The van der Waals surface area contributed by atoms with Crippen LogP contribution in [0.5, 0.6) is 0 Å². The first kappa shape index (κ1) is 10.8. The number of aryl methyl sites for hydroxylation is 1. The van der Waals surface area contributed by atoms with Gasteiger partial charge in [0.15, 0.2) is 0 Å². The summed E-state index contributed by atoms with van der Waals surface area (Å²) in [6.45, 7) is 0. The number of nitrogen functional groups attached to an aromatic ring is 1. The molecule has 0 aliphatic rings. The highest BCUT2D eigenvalue weighted by molar-refractivity contribution is 5.75.